The van der Waals surface area contributed by atoms with Gasteiger partial charge in [-0.1, -0.05) is 13.8 Å². The standard InChI is InChI=1S/C16H26N4O2/c1-12(2)13-10-17-14(18-11-13)19-6-8-20(9-7-19)15(21)22-16(3,4)5/h10-12H,6-9H2,1-5H3. The van der Waals surface area contributed by atoms with Crippen molar-refractivity contribution < 1.29 is 9.53 Å². The van der Waals surface area contributed by atoms with Crippen LogP contribution in [0.5, 0.6) is 0 Å². The van der Waals surface area contributed by atoms with Crippen molar-refractivity contribution >= 4 is 12.0 Å². The van der Waals surface area contributed by atoms with Gasteiger partial charge in [-0.25, -0.2) is 14.8 Å². The molecule has 0 N–H and O–H groups in total. The number of ether oxygens (including phenoxy) is 1. The molecule has 0 unspecified atom stereocenters. The molecule has 0 atom stereocenters. The molecule has 1 aromatic rings. The zero-order chi connectivity index (χ0) is 16.3. The highest BCUT2D eigenvalue weighted by atomic mass is 16.6. The summed E-state index contributed by atoms with van der Waals surface area (Å²) in [5.41, 5.74) is 0.681. The van der Waals surface area contributed by atoms with E-state index in [0.29, 0.717) is 19.0 Å². The number of amides is 1. The van der Waals surface area contributed by atoms with Gasteiger partial charge in [0.05, 0.1) is 0 Å². The Hall–Kier alpha value is -1.85. The maximum atomic E-state index is 12.0. The topological polar surface area (TPSA) is 58.6 Å². The van der Waals surface area contributed by atoms with E-state index in [1.165, 1.54) is 0 Å². The highest BCUT2D eigenvalue weighted by molar-refractivity contribution is 5.68. The van der Waals surface area contributed by atoms with Crippen LogP contribution in [0.4, 0.5) is 10.7 Å². The minimum atomic E-state index is -0.454. The zero-order valence-electron chi connectivity index (χ0n) is 14.2. The highest BCUT2D eigenvalue weighted by Crippen LogP contribution is 2.17. The number of anilines is 1. The number of nitrogens with zero attached hydrogens (tertiary/aromatic N) is 4. The molecule has 1 saturated heterocycles. The fourth-order valence-electron chi connectivity index (χ4n) is 2.21. The van der Waals surface area contributed by atoms with E-state index in [1.54, 1.807) is 4.90 Å². The molecular weight excluding hydrogens is 280 g/mol. The molecule has 1 aliphatic heterocycles. The van der Waals surface area contributed by atoms with Crippen LogP contribution < -0.4 is 4.90 Å². The number of piperazine rings is 1. The van der Waals surface area contributed by atoms with Crippen molar-refractivity contribution in [2.75, 3.05) is 31.1 Å². The van der Waals surface area contributed by atoms with Gasteiger partial charge in [0.15, 0.2) is 0 Å². The smallest absolute Gasteiger partial charge is 0.410 e. The van der Waals surface area contributed by atoms with Crippen molar-refractivity contribution in [3.63, 3.8) is 0 Å². The molecule has 1 amide bonds. The molecule has 22 heavy (non-hydrogen) atoms. The molecule has 0 bridgehead atoms. The van der Waals surface area contributed by atoms with Crippen LogP contribution in [0.1, 0.15) is 46.1 Å². The number of carbonyl (C=O) groups is 1. The van der Waals surface area contributed by atoms with E-state index in [1.807, 2.05) is 33.2 Å². The van der Waals surface area contributed by atoms with Crippen molar-refractivity contribution in [2.45, 2.75) is 46.1 Å². The summed E-state index contributed by atoms with van der Waals surface area (Å²) >= 11 is 0. The second-order valence-electron chi connectivity index (χ2n) is 6.93. The fourth-order valence-corrected chi connectivity index (χ4v) is 2.21. The summed E-state index contributed by atoms with van der Waals surface area (Å²) in [6.45, 7) is 12.6. The van der Waals surface area contributed by atoms with Gasteiger partial charge in [-0.05, 0) is 32.3 Å². The van der Waals surface area contributed by atoms with E-state index in [4.69, 9.17) is 4.74 Å². The van der Waals surface area contributed by atoms with Gasteiger partial charge in [0, 0.05) is 38.6 Å². The molecule has 2 heterocycles. The molecule has 1 fully saturated rings. The van der Waals surface area contributed by atoms with Crippen molar-refractivity contribution in [1.82, 2.24) is 14.9 Å². The van der Waals surface area contributed by atoms with Gasteiger partial charge in [-0.15, -0.1) is 0 Å². The lowest BCUT2D eigenvalue weighted by Crippen LogP contribution is -2.50. The monoisotopic (exact) mass is 306 g/mol. The third-order valence-corrected chi connectivity index (χ3v) is 3.54. The first kappa shape index (κ1) is 16.5. The van der Waals surface area contributed by atoms with Gasteiger partial charge in [0.25, 0.3) is 0 Å². The van der Waals surface area contributed by atoms with Crippen molar-refractivity contribution in [2.24, 2.45) is 0 Å². The lowest BCUT2D eigenvalue weighted by Gasteiger charge is -2.35. The van der Waals surface area contributed by atoms with E-state index >= 15 is 0 Å². The third kappa shape index (κ3) is 4.32. The van der Waals surface area contributed by atoms with Crippen LogP contribution >= 0.6 is 0 Å². The predicted molar refractivity (Wildman–Crippen MR) is 86.1 cm³/mol. The van der Waals surface area contributed by atoms with Crippen molar-refractivity contribution in [3.05, 3.63) is 18.0 Å². The van der Waals surface area contributed by atoms with Crippen LogP contribution in [0.2, 0.25) is 0 Å². The average Bonchev–Trinajstić information content (AvgIpc) is 2.46. The molecule has 1 aliphatic rings. The molecule has 6 nitrogen and oxygen atoms in total. The van der Waals surface area contributed by atoms with Crippen LogP contribution in [0.15, 0.2) is 12.4 Å². The second-order valence-corrected chi connectivity index (χ2v) is 6.93. The summed E-state index contributed by atoms with van der Waals surface area (Å²) in [5.74, 6) is 1.16. The Kier molecular flexibility index (Phi) is 4.88. The highest BCUT2D eigenvalue weighted by Gasteiger charge is 2.26. The first-order valence-electron chi connectivity index (χ1n) is 7.81. The Morgan fingerprint density at radius 1 is 1.14 bits per heavy atom. The summed E-state index contributed by atoms with van der Waals surface area (Å²) in [6, 6.07) is 0. The summed E-state index contributed by atoms with van der Waals surface area (Å²) in [6.07, 6.45) is 3.52. The lowest BCUT2D eigenvalue weighted by molar-refractivity contribution is 0.0240. The van der Waals surface area contributed by atoms with Crippen LogP contribution in [0, 0.1) is 0 Å². The molecule has 2 rings (SSSR count). The first-order valence-corrected chi connectivity index (χ1v) is 7.81. The Labute approximate surface area is 132 Å². The maximum Gasteiger partial charge on any atom is 0.410 e. The molecule has 122 valence electrons. The van der Waals surface area contributed by atoms with Crippen LogP contribution in [-0.4, -0.2) is 52.7 Å². The quantitative estimate of drug-likeness (QED) is 0.840. The first-order chi connectivity index (χ1) is 10.3. The fraction of sp³-hybridized carbons (Fsp3) is 0.688. The molecular formula is C16H26N4O2. The van der Waals surface area contributed by atoms with Gasteiger partial charge < -0.3 is 14.5 Å². The Morgan fingerprint density at radius 2 is 1.68 bits per heavy atom. The van der Waals surface area contributed by atoms with Gasteiger partial charge in [0.1, 0.15) is 5.60 Å². The Balaban J connectivity index is 1.90. The molecule has 6 heteroatoms. The Morgan fingerprint density at radius 3 is 2.14 bits per heavy atom. The normalized spacial score (nSPS) is 16.1. The third-order valence-electron chi connectivity index (χ3n) is 3.54. The van der Waals surface area contributed by atoms with Crippen LogP contribution in [-0.2, 0) is 4.74 Å². The van der Waals surface area contributed by atoms with E-state index in [9.17, 15) is 4.79 Å². The van der Waals surface area contributed by atoms with Crippen LogP contribution in [0.25, 0.3) is 0 Å². The number of rotatable bonds is 2. The predicted octanol–water partition coefficient (Wildman–Crippen LogP) is 2.66. The van der Waals surface area contributed by atoms with Crippen LogP contribution in [0.3, 0.4) is 0 Å². The molecule has 0 aliphatic carbocycles. The van der Waals surface area contributed by atoms with E-state index in [0.717, 1.165) is 24.6 Å². The SMILES string of the molecule is CC(C)c1cnc(N2CCN(C(=O)OC(C)(C)C)CC2)nc1. The van der Waals surface area contributed by atoms with E-state index < -0.39 is 5.60 Å². The zero-order valence-corrected chi connectivity index (χ0v) is 14.2. The number of hydrogen-bond donors (Lipinski definition) is 0. The summed E-state index contributed by atoms with van der Waals surface area (Å²) < 4.78 is 5.40. The number of aromatic nitrogens is 2. The number of carbonyl (C=O) groups excluding carboxylic acids is 1. The minimum Gasteiger partial charge on any atom is -0.444 e. The average molecular weight is 306 g/mol. The molecule has 0 spiro atoms. The minimum absolute atomic E-state index is 0.247. The van der Waals surface area contributed by atoms with Gasteiger partial charge in [-0.2, -0.15) is 0 Å². The lowest BCUT2D eigenvalue weighted by atomic mass is 10.1. The van der Waals surface area contributed by atoms with E-state index in [-0.39, 0.29) is 6.09 Å². The van der Waals surface area contributed by atoms with Gasteiger partial charge >= 0.3 is 6.09 Å². The number of hydrogen-bond acceptors (Lipinski definition) is 5. The summed E-state index contributed by atoms with van der Waals surface area (Å²) in [4.78, 5) is 24.7. The molecule has 0 radical (unpaired) electrons. The largest absolute Gasteiger partial charge is 0.444 e. The van der Waals surface area contributed by atoms with Crippen molar-refractivity contribution in [1.29, 1.82) is 0 Å². The van der Waals surface area contributed by atoms with Crippen molar-refractivity contribution in [3.8, 4) is 0 Å². The van der Waals surface area contributed by atoms with Gasteiger partial charge in [0.2, 0.25) is 5.95 Å². The second kappa shape index (κ2) is 6.50. The molecule has 1 aromatic heterocycles. The summed E-state index contributed by atoms with van der Waals surface area (Å²) in [7, 11) is 0. The summed E-state index contributed by atoms with van der Waals surface area (Å²) in [5, 5.41) is 0. The molecule has 0 saturated carbocycles. The molecule has 0 aromatic carbocycles. The van der Waals surface area contributed by atoms with E-state index in [2.05, 4.69) is 28.7 Å². The Bertz CT molecular complexity index is 500. The maximum absolute atomic E-state index is 12.0. The van der Waals surface area contributed by atoms with Gasteiger partial charge in [-0.3, -0.25) is 0 Å².